The lowest BCUT2D eigenvalue weighted by Crippen LogP contribution is -2.42. The smallest absolute Gasteiger partial charge is 0.244 e. The van der Waals surface area contributed by atoms with Gasteiger partial charge >= 0.3 is 0 Å². The van der Waals surface area contributed by atoms with Crippen molar-refractivity contribution in [2.45, 2.75) is 23.8 Å². The first-order chi connectivity index (χ1) is 8.41. The molecule has 0 radical (unpaired) electrons. The van der Waals surface area contributed by atoms with Crippen LogP contribution in [0.2, 0.25) is 5.02 Å². The van der Waals surface area contributed by atoms with Gasteiger partial charge < -0.3 is 5.73 Å². The second kappa shape index (κ2) is 5.13. The molecule has 100 valence electrons. The molecular weight excluding hydrogens is 279 g/mol. The molecule has 1 fully saturated rings. The molecule has 7 heteroatoms. The number of halogens is 2. The predicted octanol–water partition coefficient (Wildman–Crippen LogP) is 1.59. The molecule has 1 saturated heterocycles. The highest BCUT2D eigenvalue weighted by atomic mass is 35.5. The summed E-state index contributed by atoms with van der Waals surface area (Å²) in [6.07, 6.45) is 1.25. The van der Waals surface area contributed by atoms with Crippen LogP contribution in [0.1, 0.15) is 12.8 Å². The van der Waals surface area contributed by atoms with Crippen molar-refractivity contribution in [1.29, 1.82) is 0 Å². The average molecular weight is 293 g/mol. The molecule has 0 spiro atoms. The second-order valence-corrected chi connectivity index (χ2v) is 6.63. The predicted molar refractivity (Wildman–Crippen MR) is 67.4 cm³/mol. The molecule has 1 aliphatic heterocycles. The van der Waals surface area contributed by atoms with E-state index >= 15 is 0 Å². The van der Waals surface area contributed by atoms with Crippen LogP contribution in [0.5, 0.6) is 0 Å². The average Bonchev–Trinajstić information content (AvgIpc) is 2.29. The maximum absolute atomic E-state index is 12.9. The van der Waals surface area contributed by atoms with Crippen molar-refractivity contribution < 1.29 is 12.8 Å². The summed E-state index contributed by atoms with van der Waals surface area (Å²) in [5, 5.41) is -0.0927. The first kappa shape index (κ1) is 13.7. The maximum atomic E-state index is 12.9. The monoisotopic (exact) mass is 292 g/mol. The lowest BCUT2D eigenvalue weighted by Gasteiger charge is -2.29. The third kappa shape index (κ3) is 2.66. The first-order valence-corrected chi connectivity index (χ1v) is 7.44. The Labute approximate surface area is 111 Å². The van der Waals surface area contributed by atoms with Crippen molar-refractivity contribution in [3.63, 3.8) is 0 Å². The first-order valence-electron chi connectivity index (χ1n) is 5.62. The fourth-order valence-electron chi connectivity index (χ4n) is 1.94. The van der Waals surface area contributed by atoms with Crippen LogP contribution in [0, 0.1) is 5.82 Å². The minimum absolute atomic E-state index is 0.0418. The number of nitrogens with two attached hydrogens (primary N) is 1. The lowest BCUT2D eigenvalue weighted by atomic mass is 10.1. The van der Waals surface area contributed by atoms with E-state index in [9.17, 15) is 12.8 Å². The van der Waals surface area contributed by atoms with Crippen LogP contribution >= 0.6 is 11.6 Å². The summed E-state index contributed by atoms with van der Waals surface area (Å²) in [7, 11) is -3.65. The van der Waals surface area contributed by atoms with Gasteiger partial charge in [-0.25, -0.2) is 12.8 Å². The molecule has 1 aromatic carbocycles. The Kier molecular flexibility index (Phi) is 3.91. The van der Waals surface area contributed by atoms with Gasteiger partial charge in [-0.05, 0) is 31.0 Å². The Balaban J connectivity index is 2.30. The van der Waals surface area contributed by atoms with E-state index in [-0.39, 0.29) is 16.0 Å². The lowest BCUT2D eigenvalue weighted by molar-refractivity contribution is 0.320. The largest absolute Gasteiger partial charge is 0.328 e. The molecule has 0 bridgehead atoms. The van der Waals surface area contributed by atoms with Gasteiger partial charge in [-0.2, -0.15) is 4.31 Å². The highest BCUT2D eigenvalue weighted by Crippen LogP contribution is 2.27. The van der Waals surface area contributed by atoms with Crippen LogP contribution in [-0.2, 0) is 10.0 Å². The van der Waals surface area contributed by atoms with Gasteiger partial charge in [0.2, 0.25) is 10.0 Å². The summed E-state index contributed by atoms with van der Waals surface area (Å²) in [5.74, 6) is -0.556. The zero-order valence-electron chi connectivity index (χ0n) is 9.64. The molecule has 2 N–H and O–H groups in total. The molecule has 0 unspecified atom stereocenters. The van der Waals surface area contributed by atoms with Gasteiger partial charge in [0.1, 0.15) is 10.7 Å². The van der Waals surface area contributed by atoms with Crippen LogP contribution in [0.15, 0.2) is 23.1 Å². The summed E-state index contributed by atoms with van der Waals surface area (Å²) in [5.41, 5.74) is 5.73. The zero-order valence-corrected chi connectivity index (χ0v) is 11.2. The third-order valence-corrected chi connectivity index (χ3v) is 5.39. The molecular formula is C11H14ClFN2O2S. The zero-order chi connectivity index (χ0) is 13.3. The fourth-order valence-corrected chi connectivity index (χ4v) is 3.91. The minimum atomic E-state index is -3.65. The van der Waals surface area contributed by atoms with Crippen molar-refractivity contribution in [2.75, 3.05) is 13.1 Å². The highest BCUT2D eigenvalue weighted by molar-refractivity contribution is 7.89. The molecule has 1 aliphatic rings. The molecule has 0 saturated carbocycles. The topological polar surface area (TPSA) is 63.4 Å². The number of hydrogen-bond donors (Lipinski definition) is 1. The Bertz CT molecular complexity index is 542. The quantitative estimate of drug-likeness (QED) is 0.900. The van der Waals surface area contributed by atoms with Gasteiger partial charge in [-0.3, -0.25) is 0 Å². The summed E-state index contributed by atoms with van der Waals surface area (Å²) < 4.78 is 38.9. The van der Waals surface area contributed by atoms with Crippen molar-refractivity contribution >= 4 is 21.6 Å². The van der Waals surface area contributed by atoms with Gasteiger partial charge in [-0.1, -0.05) is 11.6 Å². The van der Waals surface area contributed by atoms with Gasteiger partial charge in [0.25, 0.3) is 0 Å². The Morgan fingerprint density at radius 1 is 1.33 bits per heavy atom. The Morgan fingerprint density at radius 3 is 2.50 bits per heavy atom. The van der Waals surface area contributed by atoms with Crippen LogP contribution in [0.3, 0.4) is 0 Å². The van der Waals surface area contributed by atoms with E-state index in [2.05, 4.69) is 0 Å². The van der Waals surface area contributed by atoms with E-state index in [4.69, 9.17) is 17.3 Å². The minimum Gasteiger partial charge on any atom is -0.328 e. The van der Waals surface area contributed by atoms with E-state index < -0.39 is 15.8 Å². The summed E-state index contributed by atoms with van der Waals surface area (Å²) in [6.45, 7) is 0.744. The van der Waals surface area contributed by atoms with Gasteiger partial charge in [0, 0.05) is 19.1 Å². The van der Waals surface area contributed by atoms with Crippen LogP contribution < -0.4 is 5.73 Å². The number of hydrogen-bond acceptors (Lipinski definition) is 3. The van der Waals surface area contributed by atoms with Crippen molar-refractivity contribution in [3.05, 3.63) is 29.0 Å². The normalized spacial score (nSPS) is 19.1. The van der Waals surface area contributed by atoms with Gasteiger partial charge in [-0.15, -0.1) is 0 Å². The molecule has 4 nitrogen and oxygen atoms in total. The van der Waals surface area contributed by atoms with Crippen LogP contribution in [-0.4, -0.2) is 31.9 Å². The van der Waals surface area contributed by atoms with Gasteiger partial charge in [0.05, 0.1) is 5.02 Å². The number of rotatable bonds is 2. The van der Waals surface area contributed by atoms with Crippen molar-refractivity contribution in [1.82, 2.24) is 4.31 Å². The Hall–Kier alpha value is -0.690. The maximum Gasteiger partial charge on any atom is 0.244 e. The molecule has 0 atom stereocenters. The molecule has 1 heterocycles. The highest BCUT2D eigenvalue weighted by Gasteiger charge is 2.29. The second-order valence-electron chi connectivity index (χ2n) is 4.32. The van der Waals surface area contributed by atoms with Gasteiger partial charge in [0.15, 0.2) is 0 Å². The standard InChI is InChI=1S/C11H14ClFN2O2S/c12-10-7-8(13)1-2-11(10)18(16,17)15-5-3-9(14)4-6-15/h1-2,7,9H,3-6,14H2. The molecule has 18 heavy (non-hydrogen) atoms. The molecule has 1 aromatic rings. The third-order valence-electron chi connectivity index (χ3n) is 3.01. The molecule has 2 rings (SSSR count). The summed E-state index contributed by atoms with van der Waals surface area (Å²) in [4.78, 5) is -0.0546. The van der Waals surface area contributed by atoms with E-state index in [0.717, 1.165) is 12.1 Å². The van der Waals surface area contributed by atoms with Crippen molar-refractivity contribution in [2.24, 2.45) is 5.73 Å². The number of sulfonamides is 1. The van der Waals surface area contributed by atoms with E-state index in [0.29, 0.717) is 25.9 Å². The fraction of sp³-hybridized carbons (Fsp3) is 0.455. The van der Waals surface area contributed by atoms with E-state index in [1.54, 1.807) is 0 Å². The molecule has 0 aromatic heterocycles. The summed E-state index contributed by atoms with van der Waals surface area (Å²) >= 11 is 5.79. The van der Waals surface area contributed by atoms with E-state index in [1.807, 2.05) is 0 Å². The van der Waals surface area contributed by atoms with Crippen LogP contribution in [0.4, 0.5) is 4.39 Å². The summed E-state index contributed by atoms with van der Waals surface area (Å²) in [6, 6.07) is 3.33. The Morgan fingerprint density at radius 2 is 1.94 bits per heavy atom. The molecule has 0 aliphatic carbocycles. The number of nitrogens with zero attached hydrogens (tertiary/aromatic N) is 1. The van der Waals surface area contributed by atoms with E-state index in [1.165, 1.54) is 10.4 Å². The molecule has 0 amide bonds. The van der Waals surface area contributed by atoms with Crippen molar-refractivity contribution in [3.8, 4) is 0 Å². The number of piperidine rings is 1. The van der Waals surface area contributed by atoms with Crippen LogP contribution in [0.25, 0.3) is 0 Å². The number of benzene rings is 1. The SMILES string of the molecule is NC1CCN(S(=O)(=O)c2ccc(F)cc2Cl)CC1.